The molecule has 2 nitrogen and oxygen atoms in total. The summed E-state index contributed by atoms with van der Waals surface area (Å²) >= 11 is 0. The SMILES string of the molecule is c1ccc2c(c1)-c1ccccc1C2c1ccc2c3ccc(C4c5ccccc5-c5ccccc54)cc3n3c4cc(-c5ccc6ccccc6c5)ccc4nc3c2c1. The van der Waals surface area contributed by atoms with Crippen molar-refractivity contribution in [2.45, 2.75) is 11.8 Å². The fraction of sp³-hybridized carbons (Fsp3) is 0.0364. The van der Waals surface area contributed by atoms with Crippen LogP contribution in [-0.4, -0.2) is 9.38 Å². The number of hydrogen-bond donors (Lipinski definition) is 0. The Kier molecular flexibility index (Phi) is 6.31. The van der Waals surface area contributed by atoms with Crippen molar-refractivity contribution in [3.63, 3.8) is 0 Å². The van der Waals surface area contributed by atoms with Crippen molar-refractivity contribution in [2.75, 3.05) is 0 Å². The van der Waals surface area contributed by atoms with Gasteiger partial charge in [-0.15, -0.1) is 0 Å². The summed E-state index contributed by atoms with van der Waals surface area (Å²) in [7, 11) is 0. The normalized spacial score (nSPS) is 13.5. The molecule has 0 bridgehead atoms. The van der Waals surface area contributed by atoms with Crippen molar-refractivity contribution in [3.8, 4) is 33.4 Å². The minimum absolute atomic E-state index is 0.153. The molecule has 9 aromatic carbocycles. The molecular weight excluding hydrogens is 689 g/mol. The van der Waals surface area contributed by atoms with E-state index in [-0.39, 0.29) is 11.8 Å². The highest BCUT2D eigenvalue weighted by Gasteiger charge is 2.32. The average Bonchev–Trinajstić information content (AvgIpc) is 3.94. The van der Waals surface area contributed by atoms with E-state index in [1.807, 2.05) is 0 Å². The van der Waals surface area contributed by atoms with E-state index in [9.17, 15) is 0 Å². The predicted octanol–water partition coefficient (Wildman–Crippen LogP) is 13.9. The number of aromatic nitrogens is 2. The van der Waals surface area contributed by atoms with Crippen LogP contribution in [0.2, 0.25) is 0 Å². The van der Waals surface area contributed by atoms with Gasteiger partial charge in [0.2, 0.25) is 0 Å². The molecule has 2 heterocycles. The maximum Gasteiger partial charge on any atom is 0.146 e. The van der Waals surface area contributed by atoms with Crippen molar-refractivity contribution in [2.24, 2.45) is 0 Å². The molecular formula is C55H34N2. The van der Waals surface area contributed by atoms with Crippen molar-refractivity contribution in [1.29, 1.82) is 0 Å². The van der Waals surface area contributed by atoms with Gasteiger partial charge in [0.15, 0.2) is 0 Å². The zero-order valence-corrected chi connectivity index (χ0v) is 31.0. The number of rotatable bonds is 3. The first-order chi connectivity index (χ1) is 28.3. The topological polar surface area (TPSA) is 17.3 Å². The summed E-state index contributed by atoms with van der Waals surface area (Å²) in [6.07, 6.45) is 0. The lowest BCUT2D eigenvalue weighted by Gasteiger charge is -2.18. The number of fused-ring (bicyclic) bond motifs is 15. The molecule has 0 atom stereocenters. The third kappa shape index (κ3) is 4.38. The van der Waals surface area contributed by atoms with Gasteiger partial charge in [-0.3, -0.25) is 4.40 Å². The van der Waals surface area contributed by atoms with Gasteiger partial charge < -0.3 is 0 Å². The molecule has 0 radical (unpaired) electrons. The minimum Gasteiger partial charge on any atom is -0.292 e. The Morgan fingerprint density at radius 3 is 1.49 bits per heavy atom. The third-order valence-corrected chi connectivity index (χ3v) is 12.9. The molecule has 2 aliphatic carbocycles. The molecule has 0 spiro atoms. The first-order valence-corrected chi connectivity index (χ1v) is 19.9. The van der Waals surface area contributed by atoms with E-state index in [4.69, 9.17) is 4.98 Å². The molecule has 13 rings (SSSR count). The summed E-state index contributed by atoms with van der Waals surface area (Å²) in [6.45, 7) is 0. The summed E-state index contributed by atoms with van der Waals surface area (Å²) in [5, 5.41) is 6.13. The largest absolute Gasteiger partial charge is 0.292 e. The summed E-state index contributed by atoms with van der Waals surface area (Å²) in [5.74, 6) is 0.312. The van der Waals surface area contributed by atoms with Crippen LogP contribution in [0.1, 0.15) is 45.2 Å². The fourth-order valence-electron chi connectivity index (χ4n) is 10.4. The quantitative estimate of drug-likeness (QED) is 0.166. The maximum atomic E-state index is 5.50. The molecule has 2 heteroatoms. The van der Waals surface area contributed by atoms with Crippen LogP contribution in [0.3, 0.4) is 0 Å². The van der Waals surface area contributed by atoms with E-state index >= 15 is 0 Å². The van der Waals surface area contributed by atoms with Crippen LogP contribution in [0, 0.1) is 0 Å². The summed E-state index contributed by atoms with van der Waals surface area (Å²) in [6, 6.07) is 72.2. The summed E-state index contributed by atoms with van der Waals surface area (Å²) in [5.41, 5.74) is 20.1. The standard InChI is InChI=1S/C55H34N2/c1-2-12-34-29-35(22-21-33(34)11-1)36-25-28-50-52(31-36)57-51-32-38(54-47-19-9-5-15-41(47)42-16-6-10-20-48(42)54)24-27-44(51)43-26-23-37(30-49(43)55(57)56-50)53-45-17-7-3-13-39(45)40-14-4-8-18-46(40)53/h1-32,53-54H. The van der Waals surface area contributed by atoms with E-state index in [0.29, 0.717) is 0 Å². The van der Waals surface area contributed by atoms with Crippen LogP contribution in [-0.2, 0) is 0 Å². The van der Waals surface area contributed by atoms with Gasteiger partial charge >= 0.3 is 0 Å². The number of pyridine rings is 1. The Morgan fingerprint density at radius 1 is 0.351 bits per heavy atom. The highest BCUT2D eigenvalue weighted by Crippen LogP contribution is 2.50. The highest BCUT2D eigenvalue weighted by atomic mass is 15.0. The van der Waals surface area contributed by atoms with E-state index in [1.165, 1.54) is 99.2 Å². The molecule has 0 amide bonds. The molecule has 0 unspecified atom stereocenters. The van der Waals surface area contributed by atoms with Crippen molar-refractivity contribution in [3.05, 3.63) is 228 Å². The van der Waals surface area contributed by atoms with E-state index in [0.717, 1.165) is 16.7 Å². The lowest BCUT2D eigenvalue weighted by atomic mass is 9.87. The molecule has 0 saturated carbocycles. The first kappa shape index (κ1) is 31.0. The maximum absolute atomic E-state index is 5.50. The van der Waals surface area contributed by atoms with E-state index in [1.54, 1.807) is 0 Å². The fourth-order valence-corrected chi connectivity index (χ4v) is 10.4. The smallest absolute Gasteiger partial charge is 0.146 e. The van der Waals surface area contributed by atoms with Crippen LogP contribution < -0.4 is 0 Å². The Bertz CT molecular complexity index is 3400. The summed E-state index contributed by atoms with van der Waals surface area (Å²) in [4.78, 5) is 5.50. The molecule has 11 aromatic rings. The van der Waals surface area contributed by atoms with Crippen LogP contribution >= 0.6 is 0 Å². The van der Waals surface area contributed by atoms with Gasteiger partial charge in [-0.2, -0.15) is 0 Å². The van der Waals surface area contributed by atoms with Crippen molar-refractivity contribution >= 4 is 49.1 Å². The van der Waals surface area contributed by atoms with Crippen LogP contribution in [0.5, 0.6) is 0 Å². The number of hydrogen-bond acceptors (Lipinski definition) is 1. The van der Waals surface area contributed by atoms with Gasteiger partial charge in [0.1, 0.15) is 5.65 Å². The van der Waals surface area contributed by atoms with E-state index in [2.05, 4.69) is 199 Å². The Labute approximate surface area is 329 Å². The molecule has 2 aromatic heterocycles. The van der Waals surface area contributed by atoms with Gasteiger partial charge in [0, 0.05) is 22.6 Å². The first-order valence-electron chi connectivity index (χ1n) is 19.9. The Morgan fingerprint density at radius 2 is 0.860 bits per heavy atom. The average molecular weight is 723 g/mol. The second-order valence-corrected chi connectivity index (χ2v) is 15.8. The monoisotopic (exact) mass is 722 g/mol. The van der Waals surface area contributed by atoms with E-state index < -0.39 is 0 Å². The predicted molar refractivity (Wildman–Crippen MR) is 236 cm³/mol. The molecule has 0 aliphatic heterocycles. The van der Waals surface area contributed by atoms with Crippen molar-refractivity contribution in [1.82, 2.24) is 9.38 Å². The second kappa shape index (κ2) is 11.6. The third-order valence-electron chi connectivity index (χ3n) is 12.9. The van der Waals surface area contributed by atoms with Crippen molar-refractivity contribution < 1.29 is 0 Å². The van der Waals surface area contributed by atoms with Crippen LogP contribution in [0.25, 0.3) is 82.5 Å². The molecule has 264 valence electrons. The lowest BCUT2D eigenvalue weighted by molar-refractivity contribution is 1.02. The molecule has 2 aliphatic rings. The number of benzene rings is 9. The molecule has 0 fully saturated rings. The van der Waals surface area contributed by atoms with Gasteiger partial charge in [-0.1, -0.05) is 164 Å². The van der Waals surface area contributed by atoms with Crippen LogP contribution in [0.15, 0.2) is 194 Å². The zero-order chi connectivity index (χ0) is 37.2. The molecule has 0 N–H and O–H groups in total. The molecule has 0 saturated heterocycles. The van der Waals surface area contributed by atoms with Gasteiger partial charge in [-0.25, -0.2) is 4.98 Å². The Hall–Kier alpha value is -7.29. The second-order valence-electron chi connectivity index (χ2n) is 15.8. The highest BCUT2D eigenvalue weighted by molar-refractivity contribution is 6.14. The number of nitrogens with zero attached hydrogens (tertiary/aromatic N) is 2. The lowest BCUT2D eigenvalue weighted by Crippen LogP contribution is -2.02. The van der Waals surface area contributed by atoms with Gasteiger partial charge in [0.05, 0.1) is 16.6 Å². The Balaban J connectivity index is 1.09. The van der Waals surface area contributed by atoms with Crippen LogP contribution in [0.4, 0.5) is 0 Å². The molecule has 57 heavy (non-hydrogen) atoms. The summed E-state index contributed by atoms with van der Waals surface area (Å²) < 4.78 is 2.45. The zero-order valence-electron chi connectivity index (χ0n) is 31.0. The number of imidazole rings is 1. The van der Waals surface area contributed by atoms with Gasteiger partial charge in [0.25, 0.3) is 0 Å². The van der Waals surface area contributed by atoms with Gasteiger partial charge in [-0.05, 0) is 113 Å². The minimum atomic E-state index is 0.153.